The van der Waals surface area contributed by atoms with Crippen LogP contribution in [-0.2, 0) is 0 Å². The molecule has 4 rings (SSSR count). The van der Waals surface area contributed by atoms with Crippen LogP contribution in [0.5, 0.6) is 0 Å². The van der Waals surface area contributed by atoms with Crippen molar-refractivity contribution in [1.82, 2.24) is 0 Å². The quantitative estimate of drug-likeness (QED) is 0.445. The molecular weight excluding hydrogens is 328 g/mol. The molecule has 1 heteroatoms. The Balaban J connectivity index is 1.59. The van der Waals surface area contributed by atoms with E-state index in [1.165, 1.54) is 32.1 Å². The lowest BCUT2D eigenvalue weighted by molar-refractivity contribution is 0.383. The van der Waals surface area contributed by atoms with Gasteiger partial charge in [0.25, 0.3) is 0 Å². The van der Waals surface area contributed by atoms with Crippen molar-refractivity contribution in [2.24, 2.45) is 35.5 Å². The van der Waals surface area contributed by atoms with E-state index in [-0.39, 0.29) is 0 Å². The smallest absolute Gasteiger partial charge is 0.0548 e. The maximum absolute atomic E-state index is 2.76. The molecule has 4 aliphatic rings. The first-order chi connectivity index (χ1) is 12.5. The minimum Gasteiger partial charge on any atom is -0.0808 e. The van der Waals surface area contributed by atoms with Crippen molar-refractivity contribution in [3.8, 4) is 0 Å². The molecule has 0 radical (unpaired) electrons. The van der Waals surface area contributed by atoms with E-state index in [9.17, 15) is 0 Å². The van der Waals surface area contributed by atoms with Crippen molar-refractivity contribution in [3.63, 3.8) is 0 Å². The van der Waals surface area contributed by atoms with E-state index in [0.717, 1.165) is 46.6 Å². The van der Waals surface area contributed by atoms with Crippen LogP contribution in [0.4, 0.5) is 0 Å². The van der Waals surface area contributed by atoms with Crippen molar-refractivity contribution < 1.29 is 0 Å². The van der Waals surface area contributed by atoms with E-state index in [2.05, 4.69) is 75.5 Å². The Morgan fingerprint density at radius 2 is 1.31 bits per heavy atom. The molecule has 0 spiro atoms. The highest BCUT2D eigenvalue weighted by Gasteiger charge is 2.55. The SMILES string of the molecule is CCCCC1CC([Si](C)(C)C2CC(C)C3C=CC=CC32)C2C=CC=CC12. The molecule has 0 saturated heterocycles. The third-order valence-electron chi connectivity index (χ3n) is 8.60. The van der Waals surface area contributed by atoms with Gasteiger partial charge in [-0.15, -0.1) is 0 Å². The number of unbranched alkanes of at least 4 members (excludes halogenated alkanes) is 1. The second kappa shape index (κ2) is 7.30. The Labute approximate surface area is 162 Å². The highest BCUT2D eigenvalue weighted by atomic mass is 28.3. The van der Waals surface area contributed by atoms with Gasteiger partial charge in [0.1, 0.15) is 0 Å². The lowest BCUT2D eigenvalue weighted by Gasteiger charge is -2.42. The molecule has 0 aliphatic heterocycles. The Morgan fingerprint density at radius 3 is 1.96 bits per heavy atom. The molecule has 26 heavy (non-hydrogen) atoms. The van der Waals surface area contributed by atoms with E-state index >= 15 is 0 Å². The van der Waals surface area contributed by atoms with Crippen LogP contribution in [-0.4, -0.2) is 8.07 Å². The maximum atomic E-state index is 2.76. The first-order valence-corrected chi connectivity index (χ1v) is 14.4. The van der Waals surface area contributed by atoms with E-state index in [0.29, 0.717) is 0 Å². The Kier molecular flexibility index (Phi) is 5.20. The maximum Gasteiger partial charge on any atom is 0.0548 e. The zero-order valence-electron chi connectivity index (χ0n) is 17.3. The van der Waals surface area contributed by atoms with Crippen LogP contribution in [0.2, 0.25) is 24.2 Å². The number of rotatable bonds is 5. The normalized spacial score (nSPS) is 43.7. The molecule has 2 fully saturated rings. The van der Waals surface area contributed by atoms with E-state index < -0.39 is 8.07 Å². The van der Waals surface area contributed by atoms with Crippen molar-refractivity contribution in [1.29, 1.82) is 0 Å². The standard InChI is InChI=1S/C25H38Si/c1-5-6-11-19-17-25(23-15-10-8-13-21(19)23)26(3,4)24-16-18(2)20-12-7-9-14-22(20)24/h7-10,12-15,18-25H,5-6,11,16-17H2,1-4H3. The van der Waals surface area contributed by atoms with Gasteiger partial charge in [0.2, 0.25) is 0 Å². The van der Waals surface area contributed by atoms with Gasteiger partial charge >= 0.3 is 0 Å². The number of fused-ring (bicyclic) bond motifs is 2. The van der Waals surface area contributed by atoms with Gasteiger partial charge < -0.3 is 0 Å². The van der Waals surface area contributed by atoms with Gasteiger partial charge in [-0.2, -0.15) is 0 Å². The van der Waals surface area contributed by atoms with Crippen molar-refractivity contribution in [3.05, 3.63) is 48.6 Å². The van der Waals surface area contributed by atoms with Gasteiger partial charge in [-0.3, -0.25) is 0 Å². The topological polar surface area (TPSA) is 0 Å². The largest absolute Gasteiger partial charge is 0.0808 e. The fourth-order valence-corrected chi connectivity index (χ4v) is 12.2. The molecule has 8 atom stereocenters. The summed E-state index contributed by atoms with van der Waals surface area (Å²) >= 11 is 0. The van der Waals surface area contributed by atoms with Crippen molar-refractivity contribution >= 4 is 8.07 Å². The van der Waals surface area contributed by atoms with Gasteiger partial charge in [-0.1, -0.05) is 88.4 Å². The molecule has 0 aromatic carbocycles. The molecule has 8 unspecified atom stereocenters. The Bertz CT molecular complexity index is 622. The summed E-state index contributed by atoms with van der Waals surface area (Å²) in [5, 5.41) is 0. The second-order valence-corrected chi connectivity index (χ2v) is 15.4. The summed E-state index contributed by atoms with van der Waals surface area (Å²) in [6, 6.07) is 0. The van der Waals surface area contributed by atoms with Gasteiger partial charge in [0.05, 0.1) is 8.07 Å². The molecule has 0 aromatic rings. The molecule has 0 aromatic heterocycles. The molecular formula is C25H38Si. The van der Waals surface area contributed by atoms with Crippen LogP contribution in [0.1, 0.15) is 46.0 Å². The predicted molar refractivity (Wildman–Crippen MR) is 117 cm³/mol. The molecule has 2 saturated carbocycles. The second-order valence-electron chi connectivity index (χ2n) is 10.2. The van der Waals surface area contributed by atoms with Crippen molar-refractivity contribution in [2.75, 3.05) is 0 Å². The summed E-state index contributed by atoms with van der Waals surface area (Å²) in [7, 11) is -1.35. The minimum atomic E-state index is -1.35. The predicted octanol–water partition coefficient (Wildman–Crippen LogP) is 7.40. The molecule has 4 aliphatic carbocycles. The fraction of sp³-hybridized carbons (Fsp3) is 0.680. The van der Waals surface area contributed by atoms with Crippen LogP contribution in [0.3, 0.4) is 0 Å². The third-order valence-corrected chi connectivity index (χ3v) is 13.7. The Hall–Kier alpha value is -0.823. The van der Waals surface area contributed by atoms with E-state index in [1.54, 1.807) is 0 Å². The van der Waals surface area contributed by atoms with Crippen LogP contribution in [0.15, 0.2) is 48.6 Å². The first-order valence-electron chi connectivity index (χ1n) is 11.2. The summed E-state index contributed by atoms with van der Waals surface area (Å²) in [6.45, 7) is 10.4. The summed E-state index contributed by atoms with van der Waals surface area (Å²) < 4.78 is 0. The third kappa shape index (κ3) is 3.05. The molecule has 0 nitrogen and oxygen atoms in total. The molecule has 0 heterocycles. The molecule has 0 amide bonds. The highest BCUT2D eigenvalue weighted by Crippen LogP contribution is 2.61. The van der Waals surface area contributed by atoms with Gasteiger partial charge in [-0.05, 0) is 65.9 Å². The summed E-state index contributed by atoms with van der Waals surface area (Å²) in [6.07, 6.45) is 26.8. The van der Waals surface area contributed by atoms with Crippen molar-refractivity contribution in [2.45, 2.75) is 70.1 Å². The van der Waals surface area contributed by atoms with Crippen LogP contribution < -0.4 is 0 Å². The van der Waals surface area contributed by atoms with Crippen LogP contribution >= 0.6 is 0 Å². The lowest BCUT2D eigenvalue weighted by Crippen LogP contribution is -2.42. The van der Waals surface area contributed by atoms with E-state index in [4.69, 9.17) is 0 Å². The molecule has 0 bridgehead atoms. The first kappa shape index (κ1) is 18.5. The fourth-order valence-electron chi connectivity index (χ4n) is 7.13. The zero-order valence-corrected chi connectivity index (χ0v) is 18.3. The summed E-state index contributed by atoms with van der Waals surface area (Å²) in [5.41, 5.74) is 1.95. The Morgan fingerprint density at radius 1 is 0.769 bits per heavy atom. The highest BCUT2D eigenvalue weighted by molar-refractivity contribution is 6.80. The molecule has 142 valence electrons. The van der Waals surface area contributed by atoms with Crippen LogP contribution in [0.25, 0.3) is 0 Å². The zero-order chi connectivity index (χ0) is 18.3. The monoisotopic (exact) mass is 366 g/mol. The number of hydrogen-bond donors (Lipinski definition) is 0. The lowest BCUT2D eigenvalue weighted by atomic mass is 9.84. The van der Waals surface area contributed by atoms with Gasteiger partial charge in [-0.25, -0.2) is 0 Å². The van der Waals surface area contributed by atoms with Gasteiger partial charge in [0, 0.05) is 0 Å². The average Bonchev–Trinajstić information content (AvgIpc) is 3.20. The minimum absolute atomic E-state index is 0.812. The number of allylic oxidation sites excluding steroid dienone is 8. The summed E-state index contributed by atoms with van der Waals surface area (Å²) in [5.74, 6) is 5.11. The number of hydrogen-bond acceptors (Lipinski definition) is 0. The van der Waals surface area contributed by atoms with E-state index in [1.807, 2.05) is 0 Å². The molecule has 0 N–H and O–H groups in total. The van der Waals surface area contributed by atoms with Gasteiger partial charge in [0.15, 0.2) is 0 Å². The average molecular weight is 367 g/mol. The van der Waals surface area contributed by atoms with Crippen LogP contribution in [0, 0.1) is 35.5 Å². The summed E-state index contributed by atoms with van der Waals surface area (Å²) in [4.78, 5) is 0.